The molecule has 0 atom stereocenters. The summed E-state index contributed by atoms with van der Waals surface area (Å²) in [4.78, 5) is 2.10. The summed E-state index contributed by atoms with van der Waals surface area (Å²) in [5, 5.41) is 0. The lowest BCUT2D eigenvalue weighted by molar-refractivity contribution is 0.0696. The molecule has 2 saturated heterocycles. The summed E-state index contributed by atoms with van der Waals surface area (Å²) in [6.45, 7) is 6.81. The van der Waals surface area contributed by atoms with E-state index in [2.05, 4.69) is 11.8 Å². The number of fused-ring (bicyclic) bond motifs is 1. The van der Waals surface area contributed by atoms with Gasteiger partial charge < -0.3 is 9.47 Å². The number of hydrogen-bond acceptors (Lipinski definition) is 3. The van der Waals surface area contributed by atoms with Crippen LogP contribution in [0.2, 0.25) is 0 Å². The Morgan fingerprint density at radius 3 is 2.22 bits per heavy atom. The van der Waals surface area contributed by atoms with Gasteiger partial charge >= 0.3 is 0 Å². The summed E-state index contributed by atoms with van der Waals surface area (Å²) in [6.07, 6.45) is 0. The van der Waals surface area contributed by atoms with Crippen molar-refractivity contribution in [1.29, 1.82) is 0 Å². The van der Waals surface area contributed by atoms with Crippen molar-refractivity contribution in [2.45, 2.75) is 5.54 Å². The highest BCUT2D eigenvalue weighted by Crippen LogP contribution is 2.26. The minimum absolute atomic E-state index is 0.0556. The van der Waals surface area contributed by atoms with Gasteiger partial charge in [0.15, 0.2) is 0 Å². The second-order valence-electron chi connectivity index (χ2n) is 2.72. The van der Waals surface area contributed by atoms with Crippen LogP contribution in [0, 0.1) is 6.92 Å². The van der Waals surface area contributed by atoms with E-state index >= 15 is 0 Å². The van der Waals surface area contributed by atoms with Crippen LogP contribution < -0.4 is 0 Å². The normalized spacial score (nSPS) is 33.0. The molecule has 3 nitrogen and oxygen atoms in total. The predicted molar refractivity (Wildman–Crippen MR) is 31.6 cm³/mol. The third-order valence-corrected chi connectivity index (χ3v) is 1.91. The highest BCUT2D eigenvalue weighted by Gasteiger charge is 2.42. The Labute approximate surface area is 54.5 Å². The molecule has 0 aromatic carbocycles. The molecule has 0 unspecified atom stereocenters. The molecule has 9 heavy (non-hydrogen) atoms. The molecule has 2 heterocycles. The SMILES string of the molecule is [CH2]C12COCN1COC2. The third kappa shape index (κ3) is 0.689. The Morgan fingerprint density at radius 1 is 1.22 bits per heavy atom. The molecule has 3 heteroatoms. The molecule has 0 spiro atoms. The summed E-state index contributed by atoms with van der Waals surface area (Å²) in [6, 6.07) is 0. The zero-order valence-corrected chi connectivity index (χ0v) is 5.30. The zero-order chi connectivity index (χ0) is 6.32. The van der Waals surface area contributed by atoms with Crippen molar-refractivity contribution in [3.05, 3.63) is 6.92 Å². The van der Waals surface area contributed by atoms with E-state index in [0.29, 0.717) is 26.7 Å². The van der Waals surface area contributed by atoms with E-state index in [0.717, 1.165) is 0 Å². The van der Waals surface area contributed by atoms with Gasteiger partial charge in [-0.15, -0.1) is 0 Å². The molecule has 0 bridgehead atoms. The quantitative estimate of drug-likeness (QED) is 0.452. The molecule has 2 rings (SSSR count). The molecular weight excluding hydrogens is 118 g/mol. The summed E-state index contributed by atoms with van der Waals surface area (Å²) >= 11 is 0. The summed E-state index contributed by atoms with van der Waals surface area (Å²) in [5.74, 6) is 0. The lowest BCUT2D eigenvalue weighted by atomic mass is 10.1. The molecule has 0 saturated carbocycles. The lowest BCUT2D eigenvalue weighted by Crippen LogP contribution is -2.39. The monoisotopic (exact) mass is 128 g/mol. The van der Waals surface area contributed by atoms with Crippen molar-refractivity contribution in [1.82, 2.24) is 4.90 Å². The van der Waals surface area contributed by atoms with Gasteiger partial charge in [-0.2, -0.15) is 0 Å². The highest BCUT2D eigenvalue weighted by molar-refractivity contribution is 4.97. The Hall–Kier alpha value is -0.120. The van der Waals surface area contributed by atoms with E-state index in [-0.39, 0.29) is 5.54 Å². The summed E-state index contributed by atoms with van der Waals surface area (Å²) in [5.41, 5.74) is -0.0556. The van der Waals surface area contributed by atoms with Crippen molar-refractivity contribution in [2.24, 2.45) is 0 Å². The highest BCUT2D eigenvalue weighted by atomic mass is 16.6. The van der Waals surface area contributed by atoms with E-state index in [1.807, 2.05) is 0 Å². The van der Waals surface area contributed by atoms with Gasteiger partial charge in [0.05, 0.1) is 18.8 Å². The summed E-state index contributed by atoms with van der Waals surface area (Å²) in [7, 11) is 0. The first kappa shape index (κ1) is 5.65. The van der Waals surface area contributed by atoms with Crippen LogP contribution >= 0.6 is 0 Å². The van der Waals surface area contributed by atoms with E-state index in [4.69, 9.17) is 9.47 Å². The number of ether oxygens (including phenoxy) is 2. The van der Waals surface area contributed by atoms with Crippen LogP contribution in [-0.2, 0) is 9.47 Å². The van der Waals surface area contributed by atoms with Crippen LogP contribution in [0.4, 0.5) is 0 Å². The van der Waals surface area contributed by atoms with Crippen molar-refractivity contribution in [2.75, 3.05) is 26.7 Å². The first-order chi connectivity index (χ1) is 4.31. The average Bonchev–Trinajstić information content (AvgIpc) is 2.22. The Morgan fingerprint density at radius 2 is 1.78 bits per heavy atom. The van der Waals surface area contributed by atoms with Crippen LogP contribution in [0.5, 0.6) is 0 Å². The second-order valence-corrected chi connectivity index (χ2v) is 2.72. The first-order valence-electron chi connectivity index (χ1n) is 3.07. The Balaban J connectivity index is 2.17. The fraction of sp³-hybridized carbons (Fsp3) is 0.833. The molecular formula is C6H10NO2. The number of nitrogens with zero attached hydrogens (tertiary/aromatic N) is 1. The second kappa shape index (κ2) is 1.68. The standard InChI is InChI=1S/C6H10NO2/c1-6-2-8-4-7(6)5-9-3-6/h1-5H2. The van der Waals surface area contributed by atoms with Crippen molar-refractivity contribution < 1.29 is 9.47 Å². The van der Waals surface area contributed by atoms with Crippen molar-refractivity contribution in [3.8, 4) is 0 Å². The van der Waals surface area contributed by atoms with Crippen LogP contribution in [0.1, 0.15) is 0 Å². The fourth-order valence-electron chi connectivity index (χ4n) is 1.23. The van der Waals surface area contributed by atoms with Gasteiger partial charge in [0.2, 0.25) is 0 Å². The van der Waals surface area contributed by atoms with Gasteiger partial charge in [-0.3, -0.25) is 0 Å². The molecule has 0 aliphatic carbocycles. The molecule has 0 aromatic rings. The molecule has 1 radical (unpaired) electrons. The maximum atomic E-state index is 5.20. The van der Waals surface area contributed by atoms with Gasteiger partial charge in [-0.25, -0.2) is 4.90 Å². The minimum Gasteiger partial charge on any atom is -0.364 e. The van der Waals surface area contributed by atoms with Crippen molar-refractivity contribution in [3.63, 3.8) is 0 Å². The first-order valence-corrected chi connectivity index (χ1v) is 3.07. The van der Waals surface area contributed by atoms with E-state index in [1.54, 1.807) is 0 Å². The molecule has 51 valence electrons. The molecule has 2 aliphatic rings. The Kier molecular flexibility index (Phi) is 1.06. The summed E-state index contributed by atoms with van der Waals surface area (Å²) < 4.78 is 10.4. The minimum atomic E-state index is -0.0556. The van der Waals surface area contributed by atoms with Gasteiger partial charge in [0.25, 0.3) is 0 Å². The fourth-order valence-corrected chi connectivity index (χ4v) is 1.23. The molecule has 0 aromatic heterocycles. The third-order valence-electron chi connectivity index (χ3n) is 1.91. The smallest absolute Gasteiger partial charge is 0.101 e. The molecule has 0 N–H and O–H groups in total. The van der Waals surface area contributed by atoms with Crippen molar-refractivity contribution >= 4 is 0 Å². The number of hydrogen-bond donors (Lipinski definition) is 0. The largest absolute Gasteiger partial charge is 0.364 e. The van der Waals surface area contributed by atoms with Gasteiger partial charge in [-0.1, -0.05) is 0 Å². The van der Waals surface area contributed by atoms with E-state index in [9.17, 15) is 0 Å². The van der Waals surface area contributed by atoms with Crippen LogP contribution in [0.15, 0.2) is 0 Å². The van der Waals surface area contributed by atoms with Crippen LogP contribution in [0.3, 0.4) is 0 Å². The van der Waals surface area contributed by atoms with Crippen LogP contribution in [-0.4, -0.2) is 37.1 Å². The average molecular weight is 128 g/mol. The zero-order valence-electron chi connectivity index (χ0n) is 5.30. The van der Waals surface area contributed by atoms with Crippen LogP contribution in [0.25, 0.3) is 0 Å². The van der Waals surface area contributed by atoms with Gasteiger partial charge in [0, 0.05) is 0 Å². The topological polar surface area (TPSA) is 21.7 Å². The molecule has 2 fully saturated rings. The molecule has 0 amide bonds. The lowest BCUT2D eigenvalue weighted by Gasteiger charge is -2.20. The van der Waals surface area contributed by atoms with Gasteiger partial charge in [-0.05, 0) is 6.92 Å². The maximum Gasteiger partial charge on any atom is 0.101 e. The number of rotatable bonds is 0. The van der Waals surface area contributed by atoms with E-state index in [1.165, 1.54) is 0 Å². The predicted octanol–water partition coefficient (Wildman–Crippen LogP) is -0.163. The van der Waals surface area contributed by atoms with E-state index < -0.39 is 0 Å². The molecule has 2 aliphatic heterocycles. The Bertz CT molecular complexity index is 116. The van der Waals surface area contributed by atoms with Gasteiger partial charge in [0.1, 0.15) is 13.5 Å². The maximum absolute atomic E-state index is 5.20.